The highest BCUT2D eigenvalue weighted by atomic mass is 35.5. The number of rotatable bonds is 6. The molecule has 0 N–H and O–H groups in total. The molecule has 42 heavy (non-hydrogen) atoms. The standard InChI is InChI=1S/C31H31Cl2NO6S2/c32-27-7-4-8-28(33)25(27)20-40-23-10-11-26-22(19-23)9-12-29-31(26,42(38,39)24-5-2-1-3-6-24)15-16-34(29)30(35)21-13-17-41(36,37)18-14-21/h1-8,10-11,19,21,29H,9,12-18,20H2/t29-,31-/m1/s1. The average Bonchev–Trinajstić information content (AvgIpc) is 3.39. The lowest BCUT2D eigenvalue weighted by atomic mass is 9.78. The largest absolute Gasteiger partial charge is 0.489 e. The Kier molecular flexibility index (Phi) is 7.83. The van der Waals surface area contributed by atoms with E-state index < -0.39 is 36.4 Å². The molecule has 1 aliphatic carbocycles. The van der Waals surface area contributed by atoms with Crippen molar-refractivity contribution in [2.24, 2.45) is 5.92 Å². The summed E-state index contributed by atoms with van der Waals surface area (Å²) in [6.07, 6.45) is 1.84. The number of likely N-dealkylation sites (tertiary alicyclic amines) is 1. The Morgan fingerprint density at radius 1 is 0.952 bits per heavy atom. The van der Waals surface area contributed by atoms with Crippen LogP contribution in [-0.4, -0.2) is 51.7 Å². The predicted molar refractivity (Wildman–Crippen MR) is 162 cm³/mol. The topological polar surface area (TPSA) is 97.8 Å². The van der Waals surface area contributed by atoms with Crippen LogP contribution in [0, 0.1) is 5.92 Å². The van der Waals surface area contributed by atoms with E-state index in [1.54, 1.807) is 59.5 Å². The number of ether oxygens (including phenoxy) is 1. The number of carbonyl (C=O) groups excluding carboxylic acids is 1. The minimum Gasteiger partial charge on any atom is -0.489 e. The van der Waals surface area contributed by atoms with Crippen LogP contribution in [0.1, 0.15) is 42.4 Å². The zero-order valence-electron chi connectivity index (χ0n) is 22.8. The molecule has 2 atom stereocenters. The van der Waals surface area contributed by atoms with E-state index in [0.717, 1.165) is 5.56 Å². The van der Waals surface area contributed by atoms with Gasteiger partial charge in [0.1, 0.15) is 26.9 Å². The molecular weight excluding hydrogens is 617 g/mol. The molecule has 0 unspecified atom stereocenters. The third-order valence-electron chi connectivity index (χ3n) is 9.02. The summed E-state index contributed by atoms with van der Waals surface area (Å²) in [6.45, 7) is 0.453. The van der Waals surface area contributed by atoms with Crippen LogP contribution in [0.2, 0.25) is 10.0 Å². The van der Waals surface area contributed by atoms with Gasteiger partial charge in [-0.15, -0.1) is 0 Å². The Morgan fingerprint density at radius 3 is 2.33 bits per heavy atom. The van der Waals surface area contributed by atoms with Gasteiger partial charge in [-0.25, -0.2) is 16.8 Å². The number of carbonyl (C=O) groups is 1. The van der Waals surface area contributed by atoms with Crippen LogP contribution in [-0.2, 0) is 42.2 Å². The molecule has 11 heteroatoms. The number of nitrogens with zero attached hydrogens (tertiary/aromatic N) is 1. The van der Waals surface area contributed by atoms with Gasteiger partial charge in [-0.05, 0) is 79.6 Å². The summed E-state index contributed by atoms with van der Waals surface area (Å²) >= 11 is 12.6. The molecule has 0 spiro atoms. The Balaban J connectivity index is 1.36. The number of sulfone groups is 2. The lowest BCUT2D eigenvalue weighted by molar-refractivity contribution is -0.137. The second-order valence-corrected chi connectivity index (χ2v) is 16.6. The molecule has 7 nitrogen and oxygen atoms in total. The number of fused-ring (bicyclic) bond motifs is 3. The summed E-state index contributed by atoms with van der Waals surface area (Å²) < 4.78 is 57.9. The van der Waals surface area contributed by atoms with E-state index in [9.17, 15) is 21.6 Å². The number of hydrogen-bond donors (Lipinski definition) is 0. The van der Waals surface area contributed by atoms with Crippen LogP contribution in [0.5, 0.6) is 5.75 Å². The van der Waals surface area contributed by atoms with E-state index >= 15 is 0 Å². The Morgan fingerprint density at radius 2 is 1.64 bits per heavy atom. The SMILES string of the molecule is O=C(C1CCS(=O)(=O)CC1)N1CC[C@@]2(S(=O)(=O)c3ccccc3)c3ccc(OCc4c(Cl)cccc4Cl)cc3CC[C@@H]12. The zero-order valence-corrected chi connectivity index (χ0v) is 26.0. The molecule has 2 aliphatic heterocycles. The monoisotopic (exact) mass is 647 g/mol. The highest BCUT2D eigenvalue weighted by molar-refractivity contribution is 7.92. The van der Waals surface area contributed by atoms with E-state index in [1.807, 2.05) is 12.1 Å². The van der Waals surface area contributed by atoms with Gasteiger partial charge in [0.2, 0.25) is 5.91 Å². The number of halogens is 2. The van der Waals surface area contributed by atoms with Gasteiger partial charge in [0.05, 0.1) is 22.4 Å². The van der Waals surface area contributed by atoms with E-state index in [0.29, 0.717) is 46.3 Å². The smallest absolute Gasteiger partial charge is 0.226 e. The maximum absolute atomic E-state index is 14.6. The second-order valence-electron chi connectivity index (χ2n) is 11.3. The summed E-state index contributed by atoms with van der Waals surface area (Å²) in [5, 5.41) is 1.00. The number of aryl methyl sites for hydroxylation is 1. The minimum absolute atomic E-state index is 0.0135. The molecule has 0 radical (unpaired) electrons. The molecule has 3 aromatic rings. The van der Waals surface area contributed by atoms with Crippen molar-refractivity contribution < 1.29 is 26.4 Å². The van der Waals surface area contributed by atoms with Crippen molar-refractivity contribution in [2.45, 2.75) is 54.4 Å². The van der Waals surface area contributed by atoms with E-state index in [-0.39, 0.29) is 48.2 Å². The van der Waals surface area contributed by atoms with Crippen molar-refractivity contribution in [3.05, 3.63) is 93.5 Å². The van der Waals surface area contributed by atoms with Gasteiger partial charge in [-0.1, -0.05) is 53.5 Å². The number of amides is 1. The van der Waals surface area contributed by atoms with Crippen LogP contribution in [0.15, 0.2) is 71.6 Å². The van der Waals surface area contributed by atoms with E-state index in [2.05, 4.69) is 0 Å². The normalized spacial score (nSPS) is 23.7. The highest BCUT2D eigenvalue weighted by Crippen LogP contribution is 2.53. The first-order chi connectivity index (χ1) is 20.0. The van der Waals surface area contributed by atoms with Crippen LogP contribution >= 0.6 is 23.2 Å². The third-order valence-corrected chi connectivity index (χ3v) is 14.0. The van der Waals surface area contributed by atoms with E-state index in [1.165, 1.54) is 0 Å². The molecule has 222 valence electrons. The van der Waals surface area contributed by atoms with Gasteiger partial charge < -0.3 is 9.64 Å². The van der Waals surface area contributed by atoms with Gasteiger partial charge in [0.15, 0.2) is 9.84 Å². The number of hydrogen-bond acceptors (Lipinski definition) is 6. The van der Waals surface area contributed by atoms with E-state index in [4.69, 9.17) is 27.9 Å². The summed E-state index contributed by atoms with van der Waals surface area (Å²) in [7, 11) is -7.07. The molecule has 6 rings (SSSR count). The summed E-state index contributed by atoms with van der Waals surface area (Å²) in [5.41, 5.74) is 2.22. The van der Waals surface area contributed by atoms with Gasteiger partial charge in [0.25, 0.3) is 0 Å². The van der Waals surface area contributed by atoms with Gasteiger partial charge in [-0.3, -0.25) is 4.79 Å². The first-order valence-corrected chi connectivity index (χ1v) is 18.1. The maximum atomic E-state index is 14.6. The van der Waals surface area contributed by atoms with Crippen LogP contribution in [0.4, 0.5) is 0 Å². The molecule has 3 aromatic carbocycles. The quantitative estimate of drug-likeness (QED) is 0.345. The van der Waals surface area contributed by atoms with Crippen LogP contribution in [0.3, 0.4) is 0 Å². The van der Waals surface area contributed by atoms with Gasteiger partial charge >= 0.3 is 0 Å². The van der Waals surface area contributed by atoms with Crippen LogP contribution < -0.4 is 4.74 Å². The van der Waals surface area contributed by atoms with Gasteiger partial charge in [-0.2, -0.15) is 0 Å². The molecule has 1 amide bonds. The highest BCUT2D eigenvalue weighted by Gasteiger charge is 2.61. The van der Waals surface area contributed by atoms with Crippen molar-refractivity contribution in [2.75, 3.05) is 18.1 Å². The fourth-order valence-corrected chi connectivity index (χ4v) is 11.3. The fourth-order valence-electron chi connectivity index (χ4n) is 6.86. The van der Waals surface area contributed by atoms with Gasteiger partial charge in [0, 0.05) is 28.1 Å². The van der Waals surface area contributed by atoms with Crippen molar-refractivity contribution in [3.8, 4) is 5.75 Å². The molecule has 0 bridgehead atoms. The van der Waals surface area contributed by atoms with Crippen molar-refractivity contribution in [1.29, 1.82) is 0 Å². The summed E-state index contributed by atoms with van der Waals surface area (Å²) in [6, 6.07) is 18.6. The van der Waals surface area contributed by atoms with Crippen LogP contribution in [0.25, 0.3) is 0 Å². The molecule has 2 saturated heterocycles. The lowest BCUT2D eigenvalue weighted by Gasteiger charge is -2.43. The Hall–Kier alpha value is -2.59. The molecular formula is C31H31Cl2NO6S2. The lowest BCUT2D eigenvalue weighted by Crippen LogP contribution is -2.53. The van der Waals surface area contributed by atoms with Crippen molar-refractivity contribution >= 4 is 48.8 Å². The Labute approximate surface area is 256 Å². The summed E-state index contributed by atoms with van der Waals surface area (Å²) in [5.74, 6) is -0.0109. The van der Waals surface area contributed by atoms with Crippen molar-refractivity contribution in [3.63, 3.8) is 0 Å². The Bertz CT molecular complexity index is 1710. The fraction of sp³-hybridized carbons (Fsp3) is 0.387. The number of benzene rings is 3. The molecule has 2 heterocycles. The third kappa shape index (κ3) is 5.02. The first-order valence-electron chi connectivity index (χ1n) is 14.0. The zero-order chi connectivity index (χ0) is 29.7. The predicted octanol–water partition coefficient (Wildman–Crippen LogP) is 5.61. The average molecular weight is 649 g/mol. The maximum Gasteiger partial charge on any atom is 0.226 e. The minimum atomic E-state index is -3.93. The molecule has 3 aliphatic rings. The van der Waals surface area contributed by atoms with Crippen molar-refractivity contribution in [1.82, 2.24) is 4.90 Å². The first kappa shape index (κ1) is 29.5. The molecule has 0 aromatic heterocycles. The summed E-state index contributed by atoms with van der Waals surface area (Å²) in [4.78, 5) is 15.8. The molecule has 0 saturated carbocycles. The second kappa shape index (κ2) is 11.2. The molecule has 2 fully saturated rings.